The van der Waals surface area contributed by atoms with Crippen molar-refractivity contribution < 1.29 is 4.42 Å². The van der Waals surface area contributed by atoms with Crippen molar-refractivity contribution in [2.24, 2.45) is 0 Å². The summed E-state index contributed by atoms with van der Waals surface area (Å²) >= 11 is 0. The average Bonchev–Trinajstić information content (AvgIpc) is 3.74. The molecule has 0 spiro atoms. The number of hydrogen-bond donors (Lipinski definition) is 0. The number of furan rings is 1. The fourth-order valence-electron chi connectivity index (χ4n) is 10.3. The van der Waals surface area contributed by atoms with Gasteiger partial charge in [-0.3, -0.25) is 0 Å². The van der Waals surface area contributed by atoms with Crippen LogP contribution in [0.3, 0.4) is 0 Å². The Morgan fingerprint density at radius 2 is 0.768 bits per heavy atom. The maximum atomic E-state index is 6.24. The van der Waals surface area contributed by atoms with E-state index in [1.165, 1.54) is 98.7 Å². The van der Waals surface area contributed by atoms with Crippen molar-refractivity contribution in [2.75, 3.05) is 0 Å². The number of rotatable bonds is 3. The van der Waals surface area contributed by atoms with E-state index in [0.717, 1.165) is 21.9 Å². The van der Waals surface area contributed by atoms with E-state index in [2.05, 4.69) is 190 Å². The normalized spacial score (nSPS) is 13.3. The summed E-state index contributed by atoms with van der Waals surface area (Å²) in [6.45, 7) is 4.85. The zero-order valence-corrected chi connectivity index (χ0v) is 31.2. The predicted octanol–water partition coefficient (Wildman–Crippen LogP) is 15.5. The van der Waals surface area contributed by atoms with Gasteiger partial charge in [0.1, 0.15) is 11.2 Å². The summed E-state index contributed by atoms with van der Waals surface area (Å²) in [5, 5.41) is 12.6. The molecule has 0 N–H and O–H groups in total. The van der Waals surface area contributed by atoms with Gasteiger partial charge in [-0.1, -0.05) is 172 Å². The molecule has 0 unspecified atom stereocenters. The van der Waals surface area contributed by atoms with Crippen LogP contribution in [0, 0.1) is 0 Å². The lowest BCUT2D eigenvalue weighted by Gasteiger charge is -2.26. The molecule has 1 aromatic heterocycles. The lowest BCUT2D eigenvalue weighted by Crippen LogP contribution is -2.17. The van der Waals surface area contributed by atoms with E-state index >= 15 is 0 Å². The van der Waals surface area contributed by atoms with Crippen molar-refractivity contribution in [2.45, 2.75) is 19.3 Å². The Balaban J connectivity index is 1.08. The third-order valence-electron chi connectivity index (χ3n) is 12.6. The molecule has 0 atom stereocenters. The quantitative estimate of drug-likeness (QED) is 0.131. The SMILES string of the molecule is CC1(C)c2c(-c3cccc(-c4c5ccccc5c(-c5ccc6oc7ccccc7c6c5)c5ccccc45)c3)cccc2-c2c1c1ccccc1c1ccccc21. The predicted molar refractivity (Wildman–Crippen MR) is 238 cm³/mol. The van der Waals surface area contributed by atoms with Gasteiger partial charge in [0.05, 0.1) is 0 Å². The highest BCUT2D eigenvalue weighted by Gasteiger charge is 2.40. The lowest BCUT2D eigenvalue weighted by molar-refractivity contribution is 0.668. The molecule has 10 aromatic carbocycles. The van der Waals surface area contributed by atoms with Crippen molar-refractivity contribution in [1.82, 2.24) is 0 Å². The van der Waals surface area contributed by atoms with Crippen LogP contribution in [0.2, 0.25) is 0 Å². The Morgan fingerprint density at radius 1 is 0.304 bits per heavy atom. The van der Waals surface area contributed by atoms with Crippen LogP contribution in [0.1, 0.15) is 25.0 Å². The molecule has 0 bridgehead atoms. The van der Waals surface area contributed by atoms with E-state index < -0.39 is 0 Å². The molecular weight excluding hydrogens is 677 g/mol. The Hall–Kier alpha value is -6.96. The van der Waals surface area contributed by atoms with Crippen LogP contribution in [-0.2, 0) is 5.41 Å². The van der Waals surface area contributed by atoms with Gasteiger partial charge in [-0.25, -0.2) is 0 Å². The summed E-state index contributed by atoms with van der Waals surface area (Å²) in [7, 11) is 0. The van der Waals surface area contributed by atoms with Crippen molar-refractivity contribution in [3.05, 3.63) is 193 Å². The Morgan fingerprint density at radius 3 is 1.43 bits per heavy atom. The molecule has 0 aliphatic heterocycles. The summed E-state index contributed by atoms with van der Waals surface area (Å²) in [6, 6.07) is 67.1. The molecule has 0 radical (unpaired) electrons. The first kappa shape index (κ1) is 31.4. The maximum absolute atomic E-state index is 6.24. The molecule has 1 aliphatic rings. The summed E-state index contributed by atoms with van der Waals surface area (Å²) in [4.78, 5) is 0. The van der Waals surface area contributed by atoms with Gasteiger partial charge >= 0.3 is 0 Å². The maximum Gasteiger partial charge on any atom is 0.135 e. The van der Waals surface area contributed by atoms with Gasteiger partial charge in [0.15, 0.2) is 0 Å². The number of fused-ring (bicyclic) bond motifs is 13. The third-order valence-corrected chi connectivity index (χ3v) is 12.6. The monoisotopic (exact) mass is 712 g/mol. The van der Waals surface area contributed by atoms with E-state index in [1.54, 1.807) is 0 Å². The second kappa shape index (κ2) is 11.5. The molecule has 1 heterocycles. The molecule has 0 saturated carbocycles. The summed E-state index contributed by atoms with van der Waals surface area (Å²) < 4.78 is 6.24. The third kappa shape index (κ3) is 4.26. The molecule has 0 fully saturated rings. The van der Waals surface area contributed by atoms with Gasteiger partial charge in [0, 0.05) is 16.2 Å². The summed E-state index contributed by atoms with van der Waals surface area (Å²) in [6.07, 6.45) is 0. The largest absolute Gasteiger partial charge is 0.456 e. The first-order chi connectivity index (χ1) is 27.6. The van der Waals surface area contributed by atoms with Gasteiger partial charge in [-0.05, 0) is 123 Å². The Labute approximate surface area is 325 Å². The number of hydrogen-bond acceptors (Lipinski definition) is 1. The fraction of sp³-hybridized carbons (Fsp3) is 0.0545. The first-order valence-corrected chi connectivity index (χ1v) is 19.6. The van der Waals surface area contributed by atoms with Crippen molar-refractivity contribution in [3.8, 4) is 44.5 Å². The van der Waals surface area contributed by atoms with Crippen molar-refractivity contribution in [1.29, 1.82) is 0 Å². The zero-order valence-electron chi connectivity index (χ0n) is 31.2. The van der Waals surface area contributed by atoms with Crippen LogP contribution in [0.15, 0.2) is 186 Å². The minimum absolute atomic E-state index is 0.205. The van der Waals surface area contributed by atoms with Crippen LogP contribution in [0.25, 0.3) is 110 Å². The van der Waals surface area contributed by atoms with Crippen LogP contribution < -0.4 is 0 Å². The molecule has 0 saturated heterocycles. The van der Waals surface area contributed by atoms with E-state index in [1.807, 2.05) is 6.07 Å². The van der Waals surface area contributed by atoms with Crippen LogP contribution in [0.5, 0.6) is 0 Å². The lowest BCUT2D eigenvalue weighted by atomic mass is 9.76. The van der Waals surface area contributed by atoms with E-state index in [9.17, 15) is 0 Å². The topological polar surface area (TPSA) is 13.1 Å². The highest BCUT2D eigenvalue weighted by molar-refractivity contribution is 6.23. The second-order valence-electron chi connectivity index (χ2n) is 15.9. The molecule has 11 aromatic rings. The van der Waals surface area contributed by atoms with E-state index in [0.29, 0.717) is 0 Å². The second-order valence-corrected chi connectivity index (χ2v) is 15.9. The molecule has 1 nitrogen and oxygen atoms in total. The molecule has 12 rings (SSSR count). The number of para-hydroxylation sites is 1. The van der Waals surface area contributed by atoms with Gasteiger partial charge in [-0.2, -0.15) is 0 Å². The molecular formula is C55H36O. The molecule has 56 heavy (non-hydrogen) atoms. The average molecular weight is 713 g/mol. The standard InChI is InChI=1S/C55H36O/c1-55(2)53-36(26-14-27-46(53)52-40-20-5-3-17-37(40)38-18-4-10-25-45(38)54(52)55)33-15-13-16-34(31-33)50-41-21-6-8-23-43(41)51(44-24-9-7-22-42(44)50)35-29-30-49-47(32-35)39-19-11-12-28-48(39)56-49/h3-32H,1-2H3. The van der Waals surface area contributed by atoms with Gasteiger partial charge < -0.3 is 4.42 Å². The van der Waals surface area contributed by atoms with Crippen LogP contribution in [0.4, 0.5) is 0 Å². The summed E-state index contributed by atoms with van der Waals surface area (Å²) in [5.41, 5.74) is 14.7. The zero-order chi connectivity index (χ0) is 37.1. The highest BCUT2D eigenvalue weighted by atomic mass is 16.3. The van der Waals surface area contributed by atoms with Gasteiger partial charge in [0.25, 0.3) is 0 Å². The first-order valence-electron chi connectivity index (χ1n) is 19.6. The van der Waals surface area contributed by atoms with Gasteiger partial charge in [-0.15, -0.1) is 0 Å². The molecule has 262 valence electrons. The fourth-order valence-corrected chi connectivity index (χ4v) is 10.3. The Kier molecular flexibility index (Phi) is 6.46. The minimum Gasteiger partial charge on any atom is -0.456 e. The molecule has 1 heteroatoms. The smallest absolute Gasteiger partial charge is 0.135 e. The van der Waals surface area contributed by atoms with Crippen LogP contribution >= 0.6 is 0 Å². The van der Waals surface area contributed by atoms with Crippen LogP contribution in [-0.4, -0.2) is 0 Å². The van der Waals surface area contributed by atoms with Gasteiger partial charge in [0.2, 0.25) is 0 Å². The Bertz CT molecular complexity index is 3390. The minimum atomic E-state index is -0.205. The summed E-state index contributed by atoms with van der Waals surface area (Å²) in [5.74, 6) is 0. The van der Waals surface area contributed by atoms with Crippen molar-refractivity contribution in [3.63, 3.8) is 0 Å². The van der Waals surface area contributed by atoms with E-state index in [-0.39, 0.29) is 5.41 Å². The van der Waals surface area contributed by atoms with Crippen molar-refractivity contribution >= 4 is 65.0 Å². The van der Waals surface area contributed by atoms with E-state index in [4.69, 9.17) is 4.42 Å². The molecule has 1 aliphatic carbocycles. The molecule has 0 amide bonds. The number of benzene rings is 10. The highest BCUT2D eigenvalue weighted by Crippen LogP contribution is 2.57.